The molecule has 0 saturated carbocycles. The van der Waals surface area contributed by atoms with Gasteiger partial charge < -0.3 is 9.47 Å². The van der Waals surface area contributed by atoms with Gasteiger partial charge in [0.2, 0.25) is 0 Å². The Morgan fingerprint density at radius 2 is 1.03 bits per heavy atom. The van der Waals surface area contributed by atoms with E-state index in [4.69, 9.17) is 9.47 Å². The second-order valence-electron chi connectivity index (χ2n) is 8.48. The van der Waals surface area contributed by atoms with Crippen LogP contribution in [0, 0.1) is 0 Å². The maximum atomic E-state index is 6.64. The fraction of sp³-hybridized carbons (Fsp3) is 0. The first-order valence-electron chi connectivity index (χ1n) is 11.2. The molecule has 2 heterocycles. The normalized spacial score (nSPS) is 12.7. The van der Waals surface area contributed by atoms with Crippen molar-refractivity contribution in [3.8, 4) is 45.3 Å². The minimum absolute atomic E-state index is 0.0775. The number of para-hydroxylation sites is 2. The SMILES string of the molecule is c1ccc(-c2ccccc2-c2cccc3c2Oc2cccc4c2B3c2ccccc2O4)cc1. The van der Waals surface area contributed by atoms with E-state index in [0.717, 1.165) is 34.0 Å². The van der Waals surface area contributed by atoms with Gasteiger partial charge in [0.1, 0.15) is 23.0 Å². The van der Waals surface area contributed by atoms with Crippen LogP contribution >= 0.6 is 0 Å². The van der Waals surface area contributed by atoms with Crippen LogP contribution in [0.25, 0.3) is 22.3 Å². The van der Waals surface area contributed by atoms with Crippen LogP contribution < -0.4 is 25.9 Å². The van der Waals surface area contributed by atoms with Gasteiger partial charge in [0.15, 0.2) is 0 Å². The fourth-order valence-corrected chi connectivity index (χ4v) is 5.20. The van der Waals surface area contributed by atoms with Crippen molar-refractivity contribution in [1.82, 2.24) is 0 Å². The summed E-state index contributed by atoms with van der Waals surface area (Å²) in [5.41, 5.74) is 8.12. The van der Waals surface area contributed by atoms with Gasteiger partial charge in [0, 0.05) is 11.0 Å². The van der Waals surface area contributed by atoms with Crippen LogP contribution in [0.1, 0.15) is 0 Å². The van der Waals surface area contributed by atoms with E-state index in [1.165, 1.54) is 27.6 Å². The zero-order valence-electron chi connectivity index (χ0n) is 17.9. The van der Waals surface area contributed by atoms with Crippen LogP contribution in [0.15, 0.2) is 115 Å². The average Bonchev–Trinajstić information content (AvgIpc) is 2.89. The summed E-state index contributed by atoms with van der Waals surface area (Å²) in [4.78, 5) is 0. The van der Waals surface area contributed by atoms with E-state index in [1.54, 1.807) is 0 Å². The Bertz CT molecular complexity index is 1520. The quantitative estimate of drug-likeness (QED) is 0.331. The first-order valence-corrected chi connectivity index (χ1v) is 11.2. The summed E-state index contributed by atoms with van der Waals surface area (Å²) < 4.78 is 12.9. The van der Waals surface area contributed by atoms with Gasteiger partial charge in [-0.15, -0.1) is 0 Å². The minimum atomic E-state index is 0.0775. The van der Waals surface area contributed by atoms with Gasteiger partial charge in [0.25, 0.3) is 6.71 Å². The molecule has 0 aliphatic carbocycles. The molecular weight excluding hydrogens is 403 g/mol. The predicted molar refractivity (Wildman–Crippen MR) is 135 cm³/mol. The van der Waals surface area contributed by atoms with Crippen LogP contribution in [0.4, 0.5) is 0 Å². The zero-order valence-corrected chi connectivity index (χ0v) is 17.9. The summed E-state index contributed by atoms with van der Waals surface area (Å²) in [5.74, 6) is 3.57. The van der Waals surface area contributed by atoms with Crippen molar-refractivity contribution in [3.05, 3.63) is 115 Å². The third-order valence-electron chi connectivity index (χ3n) is 6.64. The lowest BCUT2D eigenvalue weighted by molar-refractivity contribution is 0.465. The molecule has 0 spiro atoms. The minimum Gasteiger partial charge on any atom is -0.458 e. The Kier molecular flexibility index (Phi) is 3.97. The van der Waals surface area contributed by atoms with Gasteiger partial charge in [-0.1, -0.05) is 97.1 Å². The number of hydrogen-bond donors (Lipinski definition) is 0. The summed E-state index contributed by atoms with van der Waals surface area (Å²) in [7, 11) is 0. The third-order valence-corrected chi connectivity index (χ3v) is 6.64. The summed E-state index contributed by atoms with van der Waals surface area (Å²) in [6, 6.07) is 40.0. The molecule has 5 aromatic rings. The second-order valence-corrected chi connectivity index (χ2v) is 8.48. The van der Waals surface area contributed by atoms with E-state index in [0.29, 0.717) is 0 Å². The molecule has 0 saturated heterocycles. The Labute approximate surface area is 193 Å². The van der Waals surface area contributed by atoms with Crippen LogP contribution in [-0.4, -0.2) is 6.71 Å². The van der Waals surface area contributed by atoms with Gasteiger partial charge in [-0.2, -0.15) is 0 Å². The summed E-state index contributed by atoms with van der Waals surface area (Å²) in [6.45, 7) is 0.0775. The van der Waals surface area contributed by atoms with E-state index in [-0.39, 0.29) is 6.71 Å². The van der Waals surface area contributed by atoms with Gasteiger partial charge in [0.05, 0.1) is 0 Å². The van der Waals surface area contributed by atoms with E-state index in [2.05, 4.69) is 91.0 Å². The fourth-order valence-electron chi connectivity index (χ4n) is 5.20. The monoisotopic (exact) mass is 422 g/mol. The molecule has 0 bridgehead atoms. The molecule has 0 amide bonds. The molecule has 0 atom stereocenters. The van der Waals surface area contributed by atoms with Crippen LogP contribution in [0.5, 0.6) is 23.0 Å². The predicted octanol–water partition coefficient (Wildman–Crippen LogP) is 5.75. The van der Waals surface area contributed by atoms with E-state index in [1.807, 2.05) is 24.3 Å². The second kappa shape index (κ2) is 7.14. The summed E-state index contributed by atoms with van der Waals surface area (Å²) in [5, 5.41) is 0. The highest BCUT2D eigenvalue weighted by Gasteiger charge is 2.40. The molecule has 2 aliphatic heterocycles. The molecule has 0 radical (unpaired) electrons. The van der Waals surface area contributed by atoms with Crippen molar-refractivity contribution in [2.24, 2.45) is 0 Å². The van der Waals surface area contributed by atoms with Gasteiger partial charge in [-0.25, -0.2) is 0 Å². The first kappa shape index (κ1) is 18.3. The smallest absolute Gasteiger partial charge is 0.260 e. The molecule has 0 fully saturated rings. The highest BCUT2D eigenvalue weighted by atomic mass is 16.5. The molecule has 0 aromatic heterocycles. The topological polar surface area (TPSA) is 18.5 Å². The first-order chi connectivity index (χ1) is 16.4. The largest absolute Gasteiger partial charge is 0.458 e. The molecule has 3 heteroatoms. The maximum Gasteiger partial charge on any atom is 0.260 e. The Morgan fingerprint density at radius 3 is 1.91 bits per heavy atom. The lowest BCUT2D eigenvalue weighted by Crippen LogP contribution is -2.57. The van der Waals surface area contributed by atoms with Gasteiger partial charge in [-0.3, -0.25) is 0 Å². The van der Waals surface area contributed by atoms with Crippen LogP contribution in [-0.2, 0) is 0 Å². The number of fused-ring (bicyclic) bond motifs is 4. The third kappa shape index (κ3) is 2.76. The Balaban J connectivity index is 1.49. The molecule has 33 heavy (non-hydrogen) atoms. The summed E-state index contributed by atoms with van der Waals surface area (Å²) in [6.07, 6.45) is 0. The molecule has 2 nitrogen and oxygen atoms in total. The van der Waals surface area contributed by atoms with Crippen molar-refractivity contribution >= 4 is 23.1 Å². The van der Waals surface area contributed by atoms with Gasteiger partial charge in [-0.05, 0) is 45.8 Å². The van der Waals surface area contributed by atoms with Crippen molar-refractivity contribution in [3.63, 3.8) is 0 Å². The summed E-state index contributed by atoms with van der Waals surface area (Å²) >= 11 is 0. The number of ether oxygens (including phenoxy) is 2. The lowest BCUT2D eigenvalue weighted by Gasteiger charge is -2.33. The maximum absolute atomic E-state index is 6.64. The zero-order chi connectivity index (χ0) is 21.8. The molecule has 2 aliphatic rings. The van der Waals surface area contributed by atoms with E-state index < -0.39 is 0 Å². The number of rotatable bonds is 2. The molecule has 0 unspecified atom stereocenters. The van der Waals surface area contributed by atoms with Crippen LogP contribution in [0.3, 0.4) is 0 Å². The molecule has 0 N–H and O–H groups in total. The van der Waals surface area contributed by atoms with Gasteiger partial charge >= 0.3 is 0 Å². The lowest BCUT2D eigenvalue weighted by atomic mass is 9.34. The number of hydrogen-bond acceptors (Lipinski definition) is 2. The average molecular weight is 422 g/mol. The van der Waals surface area contributed by atoms with Crippen LogP contribution in [0.2, 0.25) is 0 Å². The van der Waals surface area contributed by atoms with Crippen molar-refractivity contribution in [2.75, 3.05) is 0 Å². The Hall–Kier alpha value is -4.24. The highest BCUT2D eigenvalue weighted by molar-refractivity contribution is 6.98. The molecule has 154 valence electrons. The van der Waals surface area contributed by atoms with E-state index >= 15 is 0 Å². The van der Waals surface area contributed by atoms with Crippen molar-refractivity contribution in [1.29, 1.82) is 0 Å². The highest BCUT2D eigenvalue weighted by Crippen LogP contribution is 2.41. The van der Waals surface area contributed by atoms with Crippen molar-refractivity contribution < 1.29 is 9.47 Å². The molecular formula is C30H19BO2. The number of benzene rings is 5. The molecule has 5 aromatic carbocycles. The Morgan fingerprint density at radius 1 is 0.424 bits per heavy atom. The standard InChI is InChI=1S/C30H19BO2/c1-2-10-20(11-3-1)21-12-4-5-13-22(21)23-14-8-16-25-30(23)33-28-19-9-18-27-29(28)31(25)24-15-6-7-17-26(24)32-27/h1-19H. The van der Waals surface area contributed by atoms with E-state index in [9.17, 15) is 0 Å². The van der Waals surface area contributed by atoms with Crippen molar-refractivity contribution in [2.45, 2.75) is 0 Å². The molecule has 7 rings (SSSR count).